The largest absolute Gasteiger partial charge is 0.508 e. The molecule has 3 saturated heterocycles. The molecule has 8 rings (SSSR count). The summed E-state index contributed by atoms with van der Waals surface area (Å²) < 4.78 is 7.26. The summed E-state index contributed by atoms with van der Waals surface area (Å²) in [6, 6.07) is 16.7. The lowest BCUT2D eigenvalue weighted by atomic mass is 9.46. The van der Waals surface area contributed by atoms with Crippen LogP contribution < -0.4 is 0 Å². The van der Waals surface area contributed by atoms with Crippen LogP contribution in [0.4, 0.5) is 0 Å². The van der Waals surface area contributed by atoms with Crippen molar-refractivity contribution in [2.75, 3.05) is 19.6 Å². The Bertz CT molecular complexity index is 1260. The standard InChI is InChI=1S/C31H34N2O3/c34-23-10-9-22-16-27-31-13-12-25-29(30(31,24(22)17-23)14-15-32(27)18-21-6-7-21)26(36-31)19-33(25)28(35)11-8-20-4-2-1-3-5-20/h1-5,8-11,17,21,25-27,29,34H,6-7,12-16,18-19H2/t25?,26-,27?,29?,30?,31?/m1/s1. The first-order chi connectivity index (χ1) is 17.6. The van der Waals surface area contributed by atoms with Gasteiger partial charge in [0, 0.05) is 42.6 Å². The van der Waals surface area contributed by atoms with Gasteiger partial charge in [0.1, 0.15) is 5.75 Å². The number of phenolic OH excluding ortho intramolecular Hbond substituents is 1. The zero-order valence-electron chi connectivity index (χ0n) is 20.7. The van der Waals surface area contributed by atoms with Gasteiger partial charge in [-0.15, -0.1) is 0 Å². The smallest absolute Gasteiger partial charge is 0.246 e. The predicted molar refractivity (Wildman–Crippen MR) is 137 cm³/mol. The van der Waals surface area contributed by atoms with Crippen LogP contribution in [-0.4, -0.2) is 64.2 Å². The van der Waals surface area contributed by atoms with Crippen molar-refractivity contribution in [3.63, 3.8) is 0 Å². The van der Waals surface area contributed by atoms with E-state index in [1.807, 2.05) is 48.5 Å². The highest BCUT2D eigenvalue weighted by molar-refractivity contribution is 5.92. The van der Waals surface area contributed by atoms with Gasteiger partial charge in [-0.1, -0.05) is 36.4 Å². The van der Waals surface area contributed by atoms with Crippen molar-refractivity contribution in [3.05, 3.63) is 71.3 Å². The van der Waals surface area contributed by atoms with Gasteiger partial charge in [0.2, 0.25) is 5.91 Å². The number of aromatic hydroxyl groups is 1. The second kappa shape index (κ2) is 7.45. The van der Waals surface area contributed by atoms with Crippen molar-refractivity contribution in [2.45, 2.75) is 67.7 Å². The van der Waals surface area contributed by atoms with E-state index in [0.717, 1.165) is 43.7 Å². The molecule has 4 bridgehead atoms. The van der Waals surface area contributed by atoms with Crippen LogP contribution in [0.25, 0.3) is 6.08 Å². The number of likely N-dealkylation sites (tertiary alicyclic amines) is 2. The molecule has 5 fully saturated rings. The molecule has 3 aliphatic heterocycles. The Hall–Kier alpha value is -2.63. The number of ether oxygens (including phenoxy) is 1. The molecule has 3 heterocycles. The Morgan fingerprint density at radius 3 is 2.81 bits per heavy atom. The summed E-state index contributed by atoms with van der Waals surface area (Å²) in [6.07, 6.45) is 10.6. The summed E-state index contributed by atoms with van der Waals surface area (Å²) in [5, 5.41) is 10.6. The van der Waals surface area contributed by atoms with Crippen molar-refractivity contribution in [3.8, 4) is 5.75 Å². The molecule has 2 saturated carbocycles. The topological polar surface area (TPSA) is 53.0 Å². The van der Waals surface area contributed by atoms with E-state index < -0.39 is 0 Å². The number of hydrogen-bond donors (Lipinski definition) is 1. The molecule has 36 heavy (non-hydrogen) atoms. The van der Waals surface area contributed by atoms with Crippen molar-refractivity contribution < 1.29 is 14.6 Å². The molecule has 1 amide bonds. The van der Waals surface area contributed by atoms with E-state index in [4.69, 9.17) is 4.74 Å². The lowest BCUT2D eigenvalue weighted by molar-refractivity contribution is -0.175. The fourth-order valence-electron chi connectivity index (χ4n) is 9.10. The Morgan fingerprint density at radius 1 is 1.11 bits per heavy atom. The van der Waals surface area contributed by atoms with E-state index in [-0.39, 0.29) is 29.1 Å². The van der Waals surface area contributed by atoms with E-state index in [1.165, 1.54) is 30.5 Å². The lowest BCUT2D eigenvalue weighted by Crippen LogP contribution is -2.74. The zero-order valence-corrected chi connectivity index (χ0v) is 20.7. The minimum absolute atomic E-state index is 0.0725. The van der Waals surface area contributed by atoms with Crippen LogP contribution in [0.5, 0.6) is 5.75 Å². The Labute approximate surface area is 212 Å². The third-order valence-corrected chi connectivity index (χ3v) is 10.5. The van der Waals surface area contributed by atoms with Crippen molar-refractivity contribution in [1.29, 1.82) is 0 Å². The van der Waals surface area contributed by atoms with Crippen LogP contribution in [0.2, 0.25) is 0 Å². The Morgan fingerprint density at radius 2 is 1.97 bits per heavy atom. The van der Waals surface area contributed by atoms with Gasteiger partial charge in [0.25, 0.3) is 0 Å². The minimum atomic E-state index is -0.193. The van der Waals surface area contributed by atoms with Gasteiger partial charge in [-0.3, -0.25) is 9.69 Å². The summed E-state index contributed by atoms with van der Waals surface area (Å²) in [7, 11) is 0. The van der Waals surface area contributed by atoms with Gasteiger partial charge >= 0.3 is 0 Å². The number of rotatable bonds is 4. The molecule has 5 heteroatoms. The van der Waals surface area contributed by atoms with E-state index >= 15 is 0 Å². The van der Waals surface area contributed by atoms with Crippen molar-refractivity contribution in [1.82, 2.24) is 9.80 Å². The molecule has 5 unspecified atom stereocenters. The SMILES string of the molecule is O=C(C=Cc1ccccc1)N1C[C@H]2OC34CCC1C2C31CCN(CC2CC2)C4Cc2ccc(O)cc21. The molecule has 6 atom stereocenters. The summed E-state index contributed by atoms with van der Waals surface area (Å²) in [5.74, 6) is 1.61. The van der Waals surface area contributed by atoms with Crippen LogP contribution >= 0.6 is 0 Å². The van der Waals surface area contributed by atoms with E-state index in [2.05, 4.69) is 15.9 Å². The molecule has 2 aromatic carbocycles. The fourth-order valence-corrected chi connectivity index (χ4v) is 9.10. The summed E-state index contributed by atoms with van der Waals surface area (Å²) in [5.41, 5.74) is 3.44. The minimum Gasteiger partial charge on any atom is -0.508 e. The molecule has 6 aliphatic rings. The first-order valence-electron chi connectivity index (χ1n) is 13.9. The molecule has 2 aromatic rings. The Kier molecular flexibility index (Phi) is 4.44. The van der Waals surface area contributed by atoms with E-state index in [9.17, 15) is 9.90 Å². The van der Waals surface area contributed by atoms with Crippen LogP contribution in [-0.2, 0) is 21.4 Å². The maximum absolute atomic E-state index is 13.5. The predicted octanol–water partition coefficient (Wildman–Crippen LogP) is 4.14. The normalized spacial score (nSPS) is 38.3. The average molecular weight is 483 g/mol. The number of hydrogen-bond acceptors (Lipinski definition) is 4. The van der Waals surface area contributed by atoms with Crippen molar-refractivity contribution in [2.24, 2.45) is 11.8 Å². The van der Waals surface area contributed by atoms with Gasteiger partial charge in [0.05, 0.1) is 11.7 Å². The van der Waals surface area contributed by atoms with Crippen LogP contribution in [0.3, 0.4) is 0 Å². The van der Waals surface area contributed by atoms with Crippen LogP contribution in [0.15, 0.2) is 54.6 Å². The number of phenols is 1. The van der Waals surface area contributed by atoms with Crippen molar-refractivity contribution >= 4 is 12.0 Å². The summed E-state index contributed by atoms with van der Waals surface area (Å²) in [4.78, 5) is 18.3. The Balaban J connectivity index is 1.19. The molecule has 186 valence electrons. The highest BCUT2D eigenvalue weighted by atomic mass is 16.5. The molecular formula is C31H34N2O3. The van der Waals surface area contributed by atoms with Crippen LogP contribution in [0.1, 0.15) is 48.8 Å². The third-order valence-electron chi connectivity index (χ3n) is 10.5. The lowest BCUT2D eigenvalue weighted by Gasteiger charge is -2.64. The number of piperidine rings is 1. The first kappa shape index (κ1) is 21.5. The van der Waals surface area contributed by atoms with Crippen LogP contribution in [0, 0.1) is 11.8 Å². The van der Waals surface area contributed by atoms with E-state index in [0.29, 0.717) is 24.3 Å². The number of carbonyl (C=O) groups is 1. The number of carbonyl (C=O) groups excluding carboxylic acids is 1. The van der Waals surface area contributed by atoms with Gasteiger partial charge in [0.15, 0.2) is 0 Å². The van der Waals surface area contributed by atoms with Gasteiger partial charge in [-0.2, -0.15) is 0 Å². The molecule has 1 N–H and O–H groups in total. The highest BCUT2D eigenvalue weighted by Gasteiger charge is 2.78. The summed E-state index contributed by atoms with van der Waals surface area (Å²) in [6.45, 7) is 2.98. The number of amides is 1. The maximum atomic E-state index is 13.5. The number of nitrogens with zero attached hydrogens (tertiary/aromatic N) is 2. The summed E-state index contributed by atoms with van der Waals surface area (Å²) >= 11 is 0. The second-order valence-electron chi connectivity index (χ2n) is 12.1. The molecule has 0 aromatic heterocycles. The maximum Gasteiger partial charge on any atom is 0.246 e. The quantitative estimate of drug-likeness (QED) is 0.666. The van der Waals surface area contributed by atoms with Gasteiger partial charge in [-0.05, 0) is 85.9 Å². The molecule has 5 nitrogen and oxygen atoms in total. The average Bonchev–Trinajstić information content (AvgIpc) is 3.58. The number of benzene rings is 2. The fraction of sp³-hybridized carbons (Fsp3) is 0.516. The second-order valence-corrected chi connectivity index (χ2v) is 12.1. The number of fused-ring (bicyclic) bond motifs is 1. The molecule has 0 spiro atoms. The zero-order chi connectivity index (χ0) is 24.1. The monoisotopic (exact) mass is 482 g/mol. The van der Waals surface area contributed by atoms with Gasteiger partial charge < -0.3 is 14.7 Å². The highest BCUT2D eigenvalue weighted by Crippen LogP contribution is 2.69. The third kappa shape index (κ3) is 2.76. The van der Waals surface area contributed by atoms with E-state index in [1.54, 1.807) is 6.08 Å². The first-order valence-corrected chi connectivity index (χ1v) is 13.9. The molecular weight excluding hydrogens is 448 g/mol. The molecule has 0 radical (unpaired) electrons. The molecule has 3 aliphatic carbocycles. The van der Waals surface area contributed by atoms with Gasteiger partial charge in [-0.25, -0.2) is 0 Å².